The zero-order chi connectivity index (χ0) is 12.4. The number of nitrogens with two attached hydrogens (primary N) is 1. The molecular weight excluding hydrogens is 216 g/mol. The fraction of sp³-hybridized carbons (Fsp3) is 0.308. The van der Waals surface area contributed by atoms with Gasteiger partial charge in [-0.15, -0.1) is 0 Å². The number of methoxy groups -OCH3 is 1. The van der Waals surface area contributed by atoms with Crippen LogP contribution in [0.25, 0.3) is 10.9 Å². The number of ether oxygens (including phenoxy) is 1. The molecule has 0 aliphatic carbocycles. The van der Waals surface area contributed by atoms with E-state index in [9.17, 15) is 4.79 Å². The van der Waals surface area contributed by atoms with E-state index in [2.05, 4.69) is 4.57 Å². The Morgan fingerprint density at radius 1 is 1.47 bits per heavy atom. The van der Waals surface area contributed by atoms with Crippen molar-refractivity contribution in [1.82, 2.24) is 4.57 Å². The summed E-state index contributed by atoms with van der Waals surface area (Å²) in [7, 11) is 3.37. The van der Waals surface area contributed by atoms with E-state index in [0.29, 0.717) is 12.1 Å². The van der Waals surface area contributed by atoms with Crippen molar-refractivity contribution in [3.05, 3.63) is 35.5 Å². The Labute approximate surface area is 100.0 Å². The van der Waals surface area contributed by atoms with Gasteiger partial charge in [0.15, 0.2) is 0 Å². The average Bonchev–Trinajstić information content (AvgIpc) is 2.66. The van der Waals surface area contributed by atoms with E-state index in [1.54, 1.807) is 6.07 Å². The molecule has 2 N–H and O–H groups in total. The lowest BCUT2D eigenvalue weighted by atomic mass is 10.1. The lowest BCUT2D eigenvalue weighted by molar-refractivity contribution is 0.0603. The maximum absolute atomic E-state index is 11.6. The zero-order valence-electron chi connectivity index (χ0n) is 10.1. The SMILES string of the molecule is COC(=O)c1cccc2c1cc(CCN)n2C. The Bertz CT molecular complexity index is 558. The summed E-state index contributed by atoms with van der Waals surface area (Å²) in [6.07, 6.45) is 0.797. The molecule has 0 atom stereocenters. The van der Waals surface area contributed by atoms with Crippen LogP contribution in [0.3, 0.4) is 0 Å². The first-order chi connectivity index (χ1) is 8.19. The number of hydrogen-bond acceptors (Lipinski definition) is 3. The van der Waals surface area contributed by atoms with Gasteiger partial charge in [-0.05, 0) is 31.2 Å². The van der Waals surface area contributed by atoms with Gasteiger partial charge in [-0.2, -0.15) is 0 Å². The minimum atomic E-state index is -0.305. The summed E-state index contributed by atoms with van der Waals surface area (Å²) in [6.45, 7) is 0.595. The number of esters is 1. The highest BCUT2D eigenvalue weighted by Crippen LogP contribution is 2.23. The van der Waals surface area contributed by atoms with Crippen molar-refractivity contribution in [3.63, 3.8) is 0 Å². The summed E-state index contributed by atoms with van der Waals surface area (Å²) < 4.78 is 6.84. The van der Waals surface area contributed by atoms with E-state index < -0.39 is 0 Å². The molecule has 0 amide bonds. The number of aromatic nitrogens is 1. The standard InChI is InChI=1S/C13H16N2O2/c1-15-9(6-7-14)8-11-10(13(16)17-2)4-3-5-12(11)15/h3-5,8H,6-7,14H2,1-2H3. The number of rotatable bonds is 3. The number of nitrogens with zero attached hydrogens (tertiary/aromatic N) is 1. The van der Waals surface area contributed by atoms with Crippen LogP contribution in [0.5, 0.6) is 0 Å². The number of carbonyl (C=O) groups excluding carboxylic acids is 1. The molecule has 2 aromatic rings. The molecule has 0 unspecified atom stereocenters. The highest BCUT2D eigenvalue weighted by Gasteiger charge is 2.13. The molecule has 17 heavy (non-hydrogen) atoms. The van der Waals surface area contributed by atoms with Gasteiger partial charge in [-0.25, -0.2) is 4.79 Å². The minimum absolute atomic E-state index is 0.305. The van der Waals surface area contributed by atoms with Gasteiger partial charge in [0, 0.05) is 23.6 Å². The largest absolute Gasteiger partial charge is 0.465 e. The third-order valence-electron chi connectivity index (χ3n) is 2.99. The van der Waals surface area contributed by atoms with Crippen molar-refractivity contribution in [2.75, 3.05) is 13.7 Å². The number of benzene rings is 1. The first kappa shape index (κ1) is 11.7. The summed E-state index contributed by atoms with van der Waals surface area (Å²) >= 11 is 0. The van der Waals surface area contributed by atoms with Gasteiger partial charge in [0.25, 0.3) is 0 Å². The maximum Gasteiger partial charge on any atom is 0.338 e. The van der Waals surface area contributed by atoms with Crippen molar-refractivity contribution in [3.8, 4) is 0 Å². The second-order valence-electron chi connectivity index (χ2n) is 3.96. The molecule has 4 nitrogen and oxygen atoms in total. The minimum Gasteiger partial charge on any atom is -0.465 e. The topological polar surface area (TPSA) is 57.2 Å². The molecule has 0 bridgehead atoms. The molecule has 1 aromatic carbocycles. The molecule has 2 rings (SSSR count). The quantitative estimate of drug-likeness (QED) is 0.815. The number of aryl methyl sites for hydroxylation is 1. The van der Waals surface area contributed by atoms with Crippen LogP contribution in [0.4, 0.5) is 0 Å². The number of carbonyl (C=O) groups is 1. The summed E-state index contributed by atoms with van der Waals surface area (Å²) in [5.41, 5.74) is 8.32. The molecule has 90 valence electrons. The Balaban J connectivity index is 2.64. The smallest absolute Gasteiger partial charge is 0.338 e. The van der Waals surface area contributed by atoms with Crippen molar-refractivity contribution in [1.29, 1.82) is 0 Å². The predicted molar refractivity (Wildman–Crippen MR) is 67.0 cm³/mol. The fourth-order valence-electron chi connectivity index (χ4n) is 2.09. The normalized spacial score (nSPS) is 10.8. The average molecular weight is 232 g/mol. The molecular formula is C13H16N2O2. The Morgan fingerprint density at radius 2 is 2.24 bits per heavy atom. The van der Waals surface area contributed by atoms with Crippen molar-refractivity contribution in [2.45, 2.75) is 6.42 Å². The first-order valence-electron chi connectivity index (χ1n) is 5.54. The van der Waals surface area contributed by atoms with Crippen LogP contribution in [0, 0.1) is 0 Å². The zero-order valence-corrected chi connectivity index (χ0v) is 10.1. The molecule has 1 heterocycles. The van der Waals surface area contributed by atoms with E-state index >= 15 is 0 Å². The second kappa shape index (κ2) is 4.59. The third kappa shape index (κ3) is 1.91. The van der Waals surface area contributed by atoms with Crippen LogP contribution < -0.4 is 5.73 Å². The first-order valence-corrected chi connectivity index (χ1v) is 5.54. The van der Waals surface area contributed by atoms with E-state index in [4.69, 9.17) is 10.5 Å². The van der Waals surface area contributed by atoms with Gasteiger partial charge in [-0.1, -0.05) is 6.07 Å². The number of fused-ring (bicyclic) bond motifs is 1. The van der Waals surface area contributed by atoms with Gasteiger partial charge < -0.3 is 15.0 Å². The van der Waals surface area contributed by atoms with Crippen LogP contribution in [0.2, 0.25) is 0 Å². The molecule has 0 aliphatic heterocycles. The van der Waals surface area contributed by atoms with Gasteiger partial charge >= 0.3 is 5.97 Å². The van der Waals surface area contributed by atoms with E-state index in [1.807, 2.05) is 25.2 Å². The predicted octanol–water partition coefficient (Wildman–Crippen LogP) is 1.47. The summed E-state index contributed by atoms with van der Waals surface area (Å²) in [5, 5.41) is 0.922. The lowest BCUT2D eigenvalue weighted by Gasteiger charge is -2.03. The maximum atomic E-state index is 11.6. The van der Waals surface area contributed by atoms with Crippen LogP contribution in [-0.4, -0.2) is 24.2 Å². The number of hydrogen-bond donors (Lipinski definition) is 1. The van der Waals surface area contributed by atoms with Gasteiger partial charge in [0.05, 0.1) is 12.7 Å². The fourth-order valence-corrected chi connectivity index (χ4v) is 2.09. The van der Waals surface area contributed by atoms with E-state index in [-0.39, 0.29) is 5.97 Å². The molecule has 0 aliphatic rings. The molecule has 0 radical (unpaired) electrons. The Morgan fingerprint density at radius 3 is 2.88 bits per heavy atom. The molecule has 0 spiro atoms. The molecule has 0 fully saturated rings. The Kier molecular flexibility index (Phi) is 3.15. The molecule has 0 saturated carbocycles. The summed E-state index contributed by atoms with van der Waals surface area (Å²) in [4.78, 5) is 11.6. The van der Waals surface area contributed by atoms with Crippen LogP contribution in [-0.2, 0) is 18.2 Å². The molecule has 4 heteroatoms. The highest BCUT2D eigenvalue weighted by atomic mass is 16.5. The van der Waals surface area contributed by atoms with Gasteiger partial charge in [0.2, 0.25) is 0 Å². The molecule has 0 saturated heterocycles. The van der Waals surface area contributed by atoms with Crippen LogP contribution in [0.15, 0.2) is 24.3 Å². The van der Waals surface area contributed by atoms with Crippen molar-refractivity contribution >= 4 is 16.9 Å². The third-order valence-corrected chi connectivity index (χ3v) is 2.99. The monoisotopic (exact) mass is 232 g/mol. The van der Waals surface area contributed by atoms with E-state index in [1.165, 1.54) is 7.11 Å². The summed E-state index contributed by atoms with van der Waals surface area (Å²) in [6, 6.07) is 7.64. The second-order valence-corrected chi connectivity index (χ2v) is 3.96. The van der Waals surface area contributed by atoms with Crippen LogP contribution in [0.1, 0.15) is 16.1 Å². The van der Waals surface area contributed by atoms with Crippen LogP contribution >= 0.6 is 0 Å². The van der Waals surface area contributed by atoms with Crippen molar-refractivity contribution in [2.24, 2.45) is 12.8 Å². The van der Waals surface area contributed by atoms with E-state index in [0.717, 1.165) is 23.0 Å². The van der Waals surface area contributed by atoms with Crippen molar-refractivity contribution < 1.29 is 9.53 Å². The lowest BCUT2D eigenvalue weighted by Crippen LogP contribution is -2.06. The highest BCUT2D eigenvalue weighted by molar-refractivity contribution is 6.04. The summed E-state index contributed by atoms with van der Waals surface area (Å²) in [5.74, 6) is -0.305. The van der Waals surface area contributed by atoms with Gasteiger partial charge in [-0.3, -0.25) is 0 Å². The van der Waals surface area contributed by atoms with Gasteiger partial charge in [0.1, 0.15) is 0 Å². The molecule has 1 aromatic heterocycles. The Hall–Kier alpha value is -1.81.